The van der Waals surface area contributed by atoms with E-state index in [2.05, 4.69) is 10.2 Å². The van der Waals surface area contributed by atoms with Gasteiger partial charge < -0.3 is 15.0 Å². The average Bonchev–Trinajstić information content (AvgIpc) is 2.98. The summed E-state index contributed by atoms with van der Waals surface area (Å²) in [5, 5.41) is 14.5. The van der Waals surface area contributed by atoms with Crippen LogP contribution in [0.25, 0.3) is 0 Å². The van der Waals surface area contributed by atoms with Crippen molar-refractivity contribution in [2.75, 3.05) is 38.1 Å². The molecule has 0 radical (unpaired) electrons. The van der Waals surface area contributed by atoms with Gasteiger partial charge in [0.15, 0.2) is 5.75 Å². The Morgan fingerprint density at radius 1 is 1.38 bits per heavy atom. The summed E-state index contributed by atoms with van der Waals surface area (Å²) >= 11 is 0. The Morgan fingerprint density at radius 2 is 2.14 bits per heavy atom. The highest BCUT2D eigenvalue weighted by Gasteiger charge is 2.21. The summed E-state index contributed by atoms with van der Waals surface area (Å²) in [6.45, 7) is 6.34. The fraction of sp³-hybridized carbons (Fsp3) is 0.600. The Labute approximate surface area is 125 Å². The maximum atomic E-state index is 11.3. The maximum Gasteiger partial charge on any atom is 0.333 e. The van der Waals surface area contributed by atoms with Crippen molar-refractivity contribution >= 4 is 11.4 Å². The first kappa shape index (κ1) is 15.6. The quantitative estimate of drug-likeness (QED) is 0.589. The van der Waals surface area contributed by atoms with Gasteiger partial charge in [0.25, 0.3) is 0 Å². The van der Waals surface area contributed by atoms with Crippen LogP contribution in [0.4, 0.5) is 11.4 Å². The Kier molecular flexibility index (Phi) is 5.80. The number of benzene rings is 1. The van der Waals surface area contributed by atoms with Crippen LogP contribution in [0.3, 0.4) is 0 Å². The third-order valence-electron chi connectivity index (χ3n) is 3.59. The van der Waals surface area contributed by atoms with Crippen molar-refractivity contribution in [2.24, 2.45) is 0 Å². The summed E-state index contributed by atoms with van der Waals surface area (Å²) in [6.07, 6.45) is 3.32. The summed E-state index contributed by atoms with van der Waals surface area (Å²) in [4.78, 5) is 13.3. The Balaban J connectivity index is 2.01. The minimum atomic E-state index is -0.372. The lowest BCUT2D eigenvalue weighted by molar-refractivity contribution is -0.385. The predicted octanol–water partition coefficient (Wildman–Crippen LogP) is 2.89. The molecule has 0 bridgehead atoms. The van der Waals surface area contributed by atoms with Crippen molar-refractivity contribution in [3.63, 3.8) is 0 Å². The molecule has 1 heterocycles. The van der Waals surface area contributed by atoms with Crippen molar-refractivity contribution in [3.8, 4) is 5.75 Å². The highest BCUT2D eigenvalue weighted by atomic mass is 16.6. The van der Waals surface area contributed by atoms with Crippen molar-refractivity contribution in [3.05, 3.63) is 28.3 Å². The minimum absolute atomic E-state index is 0.0346. The Hall–Kier alpha value is -1.82. The number of hydrogen-bond donors (Lipinski definition) is 1. The largest absolute Gasteiger partial charge is 0.487 e. The highest BCUT2D eigenvalue weighted by Crippen LogP contribution is 2.34. The number of nitrogens with zero attached hydrogens (tertiary/aromatic N) is 2. The summed E-state index contributed by atoms with van der Waals surface area (Å²) in [5.41, 5.74) is 0.570. The zero-order chi connectivity index (χ0) is 15.1. The van der Waals surface area contributed by atoms with Crippen LogP contribution in [-0.4, -0.2) is 42.6 Å². The second-order valence-electron chi connectivity index (χ2n) is 5.23. The van der Waals surface area contributed by atoms with E-state index in [9.17, 15) is 10.1 Å². The molecule has 1 aromatic carbocycles. The van der Waals surface area contributed by atoms with Gasteiger partial charge in [0.1, 0.15) is 5.69 Å². The second kappa shape index (κ2) is 7.83. The van der Waals surface area contributed by atoms with E-state index in [1.54, 1.807) is 18.2 Å². The third kappa shape index (κ3) is 4.32. The molecule has 0 amide bonds. The number of likely N-dealkylation sites (tertiary alicyclic amines) is 1. The third-order valence-corrected chi connectivity index (χ3v) is 3.59. The number of hydrogen-bond acceptors (Lipinski definition) is 5. The van der Waals surface area contributed by atoms with E-state index in [4.69, 9.17) is 4.74 Å². The monoisotopic (exact) mass is 293 g/mol. The summed E-state index contributed by atoms with van der Waals surface area (Å²) < 4.78 is 5.48. The Morgan fingerprint density at radius 3 is 2.81 bits per heavy atom. The molecule has 1 fully saturated rings. The van der Waals surface area contributed by atoms with Gasteiger partial charge in [-0.2, -0.15) is 0 Å². The van der Waals surface area contributed by atoms with Gasteiger partial charge in [-0.1, -0.05) is 13.0 Å². The van der Waals surface area contributed by atoms with Crippen LogP contribution in [0.1, 0.15) is 26.2 Å². The summed E-state index contributed by atoms with van der Waals surface area (Å²) in [6, 6.07) is 5.18. The van der Waals surface area contributed by atoms with Crippen LogP contribution in [0.2, 0.25) is 0 Å². The molecule has 0 spiro atoms. The van der Waals surface area contributed by atoms with Gasteiger partial charge in [-0.05, 0) is 44.5 Å². The topological polar surface area (TPSA) is 67.6 Å². The number of rotatable bonds is 8. The van der Waals surface area contributed by atoms with E-state index in [0.717, 1.165) is 26.1 Å². The molecule has 0 unspecified atom stereocenters. The normalized spacial score (nSPS) is 15.1. The van der Waals surface area contributed by atoms with E-state index < -0.39 is 0 Å². The van der Waals surface area contributed by atoms with E-state index in [1.165, 1.54) is 12.8 Å². The van der Waals surface area contributed by atoms with Crippen molar-refractivity contribution in [2.45, 2.75) is 26.2 Å². The molecular weight excluding hydrogens is 270 g/mol. The van der Waals surface area contributed by atoms with E-state index in [-0.39, 0.29) is 10.6 Å². The van der Waals surface area contributed by atoms with Crippen LogP contribution in [0.5, 0.6) is 5.75 Å². The van der Waals surface area contributed by atoms with E-state index in [0.29, 0.717) is 24.6 Å². The molecule has 1 aliphatic rings. The van der Waals surface area contributed by atoms with E-state index >= 15 is 0 Å². The molecule has 0 aliphatic carbocycles. The zero-order valence-electron chi connectivity index (χ0n) is 12.5. The van der Waals surface area contributed by atoms with Crippen molar-refractivity contribution < 1.29 is 9.66 Å². The zero-order valence-corrected chi connectivity index (χ0v) is 12.5. The number of nitro groups is 1. The SMILES string of the molecule is CCCOc1cccc(NCCN2CCCC2)c1[N+](=O)[O-]. The van der Waals surface area contributed by atoms with Crippen LogP contribution in [0, 0.1) is 10.1 Å². The second-order valence-corrected chi connectivity index (χ2v) is 5.23. The highest BCUT2D eigenvalue weighted by molar-refractivity contribution is 5.68. The molecule has 1 N–H and O–H groups in total. The molecule has 21 heavy (non-hydrogen) atoms. The summed E-state index contributed by atoms with van der Waals surface area (Å²) in [5.74, 6) is 0.341. The number of para-hydroxylation sites is 1. The number of nitrogens with one attached hydrogen (secondary N) is 1. The van der Waals surface area contributed by atoms with Crippen molar-refractivity contribution in [1.29, 1.82) is 0 Å². The molecule has 0 atom stereocenters. The molecule has 2 rings (SSSR count). The lowest BCUT2D eigenvalue weighted by Crippen LogP contribution is -2.26. The average molecular weight is 293 g/mol. The van der Waals surface area contributed by atoms with Gasteiger partial charge in [-0.25, -0.2) is 0 Å². The first-order valence-electron chi connectivity index (χ1n) is 7.58. The van der Waals surface area contributed by atoms with Crippen molar-refractivity contribution in [1.82, 2.24) is 4.90 Å². The van der Waals surface area contributed by atoms with Gasteiger partial charge in [0, 0.05) is 13.1 Å². The molecule has 0 aromatic heterocycles. The van der Waals surface area contributed by atoms with Gasteiger partial charge >= 0.3 is 5.69 Å². The fourth-order valence-electron chi connectivity index (χ4n) is 2.54. The van der Waals surface area contributed by atoms with E-state index in [1.807, 2.05) is 6.92 Å². The standard InChI is InChI=1S/C15H23N3O3/c1-2-12-21-14-7-5-6-13(15(14)18(19)20)16-8-11-17-9-3-4-10-17/h5-7,16H,2-4,8-12H2,1H3. The number of nitro benzene ring substituents is 1. The molecule has 1 aliphatic heterocycles. The van der Waals surface area contributed by atoms with Gasteiger partial charge in [-0.3, -0.25) is 10.1 Å². The lowest BCUT2D eigenvalue weighted by Gasteiger charge is -2.16. The van der Waals surface area contributed by atoms with Gasteiger partial charge in [-0.15, -0.1) is 0 Å². The minimum Gasteiger partial charge on any atom is -0.487 e. The molecule has 1 saturated heterocycles. The lowest BCUT2D eigenvalue weighted by atomic mass is 10.2. The molecule has 116 valence electrons. The smallest absolute Gasteiger partial charge is 0.333 e. The van der Waals surface area contributed by atoms with Crippen LogP contribution >= 0.6 is 0 Å². The predicted molar refractivity (Wildman–Crippen MR) is 83.0 cm³/mol. The fourth-order valence-corrected chi connectivity index (χ4v) is 2.54. The molecule has 0 saturated carbocycles. The van der Waals surface area contributed by atoms with Gasteiger partial charge in [0.05, 0.1) is 11.5 Å². The summed E-state index contributed by atoms with van der Waals surface area (Å²) in [7, 11) is 0. The number of anilines is 1. The molecule has 1 aromatic rings. The number of ether oxygens (including phenoxy) is 1. The molecule has 6 nitrogen and oxygen atoms in total. The van der Waals surface area contributed by atoms with Crippen LogP contribution in [-0.2, 0) is 0 Å². The first-order valence-corrected chi connectivity index (χ1v) is 7.58. The van der Waals surface area contributed by atoms with Gasteiger partial charge in [0.2, 0.25) is 0 Å². The maximum absolute atomic E-state index is 11.3. The van der Waals surface area contributed by atoms with Crippen LogP contribution < -0.4 is 10.1 Å². The van der Waals surface area contributed by atoms with Crippen LogP contribution in [0.15, 0.2) is 18.2 Å². The molecular formula is C15H23N3O3. The first-order chi connectivity index (χ1) is 10.2. The Bertz CT molecular complexity index is 473. The molecule has 6 heteroatoms.